The lowest BCUT2D eigenvalue weighted by Gasteiger charge is -1.96. The molecule has 0 fully saturated rings. The van der Waals surface area contributed by atoms with Gasteiger partial charge in [0.1, 0.15) is 0 Å². The summed E-state index contributed by atoms with van der Waals surface area (Å²) in [5, 5.41) is 8.49. The predicted octanol–water partition coefficient (Wildman–Crippen LogP) is 5.66. The molecule has 20 heavy (non-hydrogen) atoms. The van der Waals surface area contributed by atoms with E-state index < -0.39 is 5.97 Å². The number of aliphatic carboxylic acids is 1. The van der Waals surface area contributed by atoms with Crippen LogP contribution in [0, 0.1) is 0 Å². The van der Waals surface area contributed by atoms with Gasteiger partial charge in [0.05, 0.1) is 0 Å². The van der Waals surface area contributed by atoms with E-state index in [2.05, 4.69) is 43.4 Å². The zero-order chi connectivity index (χ0) is 14.9. The van der Waals surface area contributed by atoms with Gasteiger partial charge in [-0.1, -0.05) is 69.1 Å². The van der Waals surface area contributed by atoms with Crippen LogP contribution < -0.4 is 0 Å². The molecule has 0 unspecified atom stereocenters. The van der Waals surface area contributed by atoms with Crippen LogP contribution in [-0.4, -0.2) is 11.1 Å². The quantitative estimate of drug-likeness (QED) is 0.268. The Morgan fingerprint density at radius 3 is 2.30 bits per heavy atom. The molecule has 0 aliphatic carbocycles. The monoisotopic (exact) mass is 278 g/mol. The molecule has 0 heterocycles. The molecule has 0 bridgehead atoms. The van der Waals surface area contributed by atoms with Crippen molar-refractivity contribution < 1.29 is 9.90 Å². The molecule has 0 radical (unpaired) electrons. The first-order chi connectivity index (χ1) is 9.77. The lowest BCUT2D eigenvalue weighted by molar-refractivity contribution is -0.137. The minimum Gasteiger partial charge on any atom is -0.481 e. The fourth-order valence-corrected chi connectivity index (χ4v) is 1.84. The van der Waals surface area contributed by atoms with E-state index >= 15 is 0 Å². The summed E-state index contributed by atoms with van der Waals surface area (Å²) in [6.45, 7) is 2.21. The molecule has 2 heteroatoms. The first kappa shape index (κ1) is 18.7. The maximum absolute atomic E-state index is 10.3. The van der Waals surface area contributed by atoms with Gasteiger partial charge < -0.3 is 5.11 Å². The van der Waals surface area contributed by atoms with Crippen molar-refractivity contribution in [3.63, 3.8) is 0 Å². The lowest BCUT2D eigenvalue weighted by Crippen LogP contribution is -1.93. The Balaban J connectivity index is 3.29. The molecule has 2 nitrogen and oxygen atoms in total. The molecule has 0 aromatic carbocycles. The largest absolute Gasteiger partial charge is 0.481 e. The Hall–Kier alpha value is -1.31. The van der Waals surface area contributed by atoms with Crippen LogP contribution in [0.1, 0.15) is 71.1 Å². The van der Waals surface area contributed by atoms with Crippen LogP contribution in [0.4, 0.5) is 0 Å². The van der Waals surface area contributed by atoms with Crippen LogP contribution in [-0.2, 0) is 4.79 Å². The van der Waals surface area contributed by atoms with Crippen molar-refractivity contribution in [1.82, 2.24) is 0 Å². The molecular weight excluding hydrogens is 248 g/mol. The number of carboxylic acid groups (broad SMARTS) is 1. The van der Waals surface area contributed by atoms with Gasteiger partial charge in [-0.2, -0.15) is 0 Å². The van der Waals surface area contributed by atoms with Gasteiger partial charge in [0.15, 0.2) is 0 Å². The standard InChI is InChI=1S/C18H30O2/c1-2-3-4-5-6-7-8-9-10-11-12-13-14-15-16-17-18(19)20/h5-8,10-11H,2-4,9,12-17H2,1H3,(H,19,20)/b6-5+,8-7-,11-10-. The second-order valence-electron chi connectivity index (χ2n) is 5.05. The number of allylic oxidation sites excluding steroid dienone is 6. The van der Waals surface area contributed by atoms with Crippen LogP contribution in [0.5, 0.6) is 0 Å². The Morgan fingerprint density at radius 2 is 1.55 bits per heavy atom. The third kappa shape index (κ3) is 16.7. The van der Waals surface area contributed by atoms with Gasteiger partial charge in [-0.05, 0) is 32.1 Å². The molecule has 0 saturated heterocycles. The summed E-state index contributed by atoms with van der Waals surface area (Å²) in [5.41, 5.74) is 0. The van der Waals surface area contributed by atoms with Gasteiger partial charge >= 0.3 is 5.97 Å². The summed E-state index contributed by atoms with van der Waals surface area (Å²) in [6, 6.07) is 0. The van der Waals surface area contributed by atoms with Crippen LogP contribution in [0.3, 0.4) is 0 Å². The minimum absolute atomic E-state index is 0.312. The van der Waals surface area contributed by atoms with Crippen molar-refractivity contribution in [2.75, 3.05) is 0 Å². The van der Waals surface area contributed by atoms with Gasteiger partial charge in [-0.15, -0.1) is 0 Å². The molecule has 0 aromatic heterocycles. The van der Waals surface area contributed by atoms with E-state index in [1.165, 1.54) is 19.3 Å². The fraction of sp³-hybridized carbons (Fsp3) is 0.611. The second kappa shape index (κ2) is 15.7. The first-order valence-electron chi connectivity index (χ1n) is 7.95. The Morgan fingerprint density at radius 1 is 0.850 bits per heavy atom. The Bertz CT molecular complexity index is 301. The van der Waals surface area contributed by atoms with Crippen molar-refractivity contribution in [2.24, 2.45) is 0 Å². The predicted molar refractivity (Wildman–Crippen MR) is 86.9 cm³/mol. The highest BCUT2D eigenvalue weighted by molar-refractivity contribution is 5.66. The normalized spacial score (nSPS) is 12.1. The van der Waals surface area contributed by atoms with Crippen molar-refractivity contribution in [2.45, 2.75) is 71.1 Å². The molecule has 0 amide bonds. The molecule has 0 aliphatic heterocycles. The molecule has 0 atom stereocenters. The highest BCUT2D eigenvalue weighted by Crippen LogP contribution is 2.06. The van der Waals surface area contributed by atoms with Gasteiger partial charge in [-0.3, -0.25) is 4.79 Å². The number of carboxylic acids is 1. The molecule has 114 valence electrons. The summed E-state index contributed by atoms with van der Waals surface area (Å²) in [5.74, 6) is -0.680. The number of carbonyl (C=O) groups is 1. The van der Waals surface area contributed by atoms with Crippen LogP contribution in [0.2, 0.25) is 0 Å². The van der Waals surface area contributed by atoms with Crippen LogP contribution in [0.25, 0.3) is 0 Å². The van der Waals surface area contributed by atoms with Gasteiger partial charge in [-0.25, -0.2) is 0 Å². The third-order valence-corrected chi connectivity index (χ3v) is 3.06. The highest BCUT2D eigenvalue weighted by atomic mass is 16.4. The van der Waals surface area contributed by atoms with E-state index in [-0.39, 0.29) is 0 Å². The summed E-state index contributed by atoms with van der Waals surface area (Å²) in [6.07, 6.45) is 23.3. The number of rotatable bonds is 13. The van der Waals surface area contributed by atoms with E-state index in [0.717, 1.165) is 38.5 Å². The molecule has 0 aromatic rings. The third-order valence-electron chi connectivity index (χ3n) is 3.06. The van der Waals surface area contributed by atoms with Gasteiger partial charge in [0.2, 0.25) is 0 Å². The fourth-order valence-electron chi connectivity index (χ4n) is 1.84. The maximum Gasteiger partial charge on any atom is 0.303 e. The van der Waals surface area contributed by atoms with Crippen LogP contribution in [0.15, 0.2) is 36.5 Å². The first-order valence-corrected chi connectivity index (χ1v) is 7.95. The van der Waals surface area contributed by atoms with Gasteiger partial charge in [0.25, 0.3) is 0 Å². The molecule has 0 rings (SSSR count). The number of hydrogen-bond donors (Lipinski definition) is 1. The zero-order valence-corrected chi connectivity index (χ0v) is 12.9. The van der Waals surface area contributed by atoms with Crippen molar-refractivity contribution in [3.8, 4) is 0 Å². The summed E-state index contributed by atoms with van der Waals surface area (Å²) in [7, 11) is 0. The van der Waals surface area contributed by atoms with E-state index in [1.54, 1.807) is 0 Å². The summed E-state index contributed by atoms with van der Waals surface area (Å²) < 4.78 is 0. The minimum atomic E-state index is -0.680. The average molecular weight is 278 g/mol. The average Bonchev–Trinajstić information content (AvgIpc) is 2.43. The Kier molecular flexibility index (Phi) is 14.7. The molecule has 0 saturated carbocycles. The molecule has 0 aliphatic rings. The van der Waals surface area contributed by atoms with E-state index in [0.29, 0.717) is 6.42 Å². The number of unbranched alkanes of at least 4 members (excludes halogenated alkanes) is 6. The molecule has 0 spiro atoms. The van der Waals surface area contributed by atoms with E-state index in [9.17, 15) is 4.79 Å². The zero-order valence-electron chi connectivity index (χ0n) is 12.9. The maximum atomic E-state index is 10.3. The highest BCUT2D eigenvalue weighted by Gasteiger charge is 1.95. The topological polar surface area (TPSA) is 37.3 Å². The number of hydrogen-bond acceptors (Lipinski definition) is 1. The van der Waals surface area contributed by atoms with E-state index in [4.69, 9.17) is 5.11 Å². The van der Waals surface area contributed by atoms with Crippen molar-refractivity contribution >= 4 is 5.97 Å². The van der Waals surface area contributed by atoms with Crippen LogP contribution >= 0.6 is 0 Å². The summed E-state index contributed by atoms with van der Waals surface area (Å²) >= 11 is 0. The molecular formula is C18H30O2. The SMILES string of the molecule is CCCC/C=C/C=C\C/C=C\CCCCCCC(=O)O. The lowest BCUT2D eigenvalue weighted by atomic mass is 10.1. The van der Waals surface area contributed by atoms with E-state index in [1.807, 2.05) is 0 Å². The van der Waals surface area contributed by atoms with Gasteiger partial charge in [0, 0.05) is 6.42 Å². The smallest absolute Gasteiger partial charge is 0.303 e. The Labute approximate surface area is 124 Å². The molecule has 1 N–H and O–H groups in total. The summed E-state index contributed by atoms with van der Waals surface area (Å²) in [4.78, 5) is 10.3. The second-order valence-corrected chi connectivity index (χ2v) is 5.05. The van der Waals surface area contributed by atoms with Crippen molar-refractivity contribution in [3.05, 3.63) is 36.5 Å². The van der Waals surface area contributed by atoms with Crippen molar-refractivity contribution in [1.29, 1.82) is 0 Å².